The molecule has 0 atom stereocenters. The van der Waals surface area contributed by atoms with E-state index < -0.39 is 5.97 Å². The molecule has 2 aliphatic carbocycles. The van der Waals surface area contributed by atoms with Crippen molar-refractivity contribution in [3.05, 3.63) is 106 Å². The Morgan fingerprint density at radius 2 is 1.00 bits per heavy atom. The Balaban J connectivity index is 0.000000181. The molecule has 3 fully saturated rings. The number of fused-ring (bicyclic) bond motifs is 2. The number of amides is 1. The summed E-state index contributed by atoms with van der Waals surface area (Å²) >= 11 is 0. The van der Waals surface area contributed by atoms with Gasteiger partial charge in [0.25, 0.3) is 0 Å². The Hall–Kier alpha value is -4.76. The quantitative estimate of drug-likeness (QED) is 0.246. The molecule has 2 aromatic heterocycles. The maximum absolute atomic E-state index is 13.0. The summed E-state index contributed by atoms with van der Waals surface area (Å²) in [6.07, 6.45) is 8.45. The summed E-state index contributed by atoms with van der Waals surface area (Å²) in [5, 5.41) is 11.2. The first kappa shape index (κ1) is 43.3. The van der Waals surface area contributed by atoms with E-state index in [9.17, 15) is 14.7 Å². The van der Waals surface area contributed by atoms with Crippen molar-refractivity contribution in [3.8, 4) is 22.5 Å². The Kier molecular flexibility index (Phi) is 13.9. The predicted molar refractivity (Wildman–Crippen MR) is 233 cm³/mol. The van der Waals surface area contributed by atoms with Gasteiger partial charge in [-0.25, -0.2) is 0 Å². The van der Waals surface area contributed by atoms with Crippen LogP contribution in [0.3, 0.4) is 0 Å². The van der Waals surface area contributed by atoms with Gasteiger partial charge in [0.05, 0.1) is 30.6 Å². The average Bonchev–Trinajstić information content (AvgIpc) is 3.93. The minimum atomic E-state index is -1.10. The minimum absolute atomic E-state index is 0. The van der Waals surface area contributed by atoms with Gasteiger partial charge in [0.15, 0.2) is 0 Å². The van der Waals surface area contributed by atoms with Crippen molar-refractivity contribution in [3.63, 3.8) is 0 Å². The second kappa shape index (κ2) is 19.3. The number of carbonyl (C=O) groups excluding carboxylic acids is 2. The zero-order valence-corrected chi connectivity index (χ0v) is 35.9. The van der Waals surface area contributed by atoms with Crippen molar-refractivity contribution in [2.75, 3.05) is 88.5 Å². The molecule has 0 saturated carbocycles. The zero-order valence-electron chi connectivity index (χ0n) is 35.9. The summed E-state index contributed by atoms with van der Waals surface area (Å²) < 4.78 is 5.39. The molecule has 5 heterocycles. The standard InChI is InChI=1S/C26H32N4O2.C22H25N3O2.Li/c1-19(2)28-9-11-29(12-10-28)23-5-3-20(4-6-23)25-24-18-22(17-21(24)7-8-27-25)26(31)30-13-15-32-16-14-30;1-15(2)24-9-11-25(12-10-24)19-5-3-16(4-6-19)21-20-14-18(22(26)27)13-17(20)7-8-23-21;/h3-8,18-19H,9-17H2,1-2H3;3-8,14-15H,9-13H2,1-2H3,(H,26,27);/q;;+1/p-1. The molecule has 5 aliphatic rings. The third kappa shape index (κ3) is 9.57. The second-order valence-corrected chi connectivity index (χ2v) is 16.7. The summed E-state index contributed by atoms with van der Waals surface area (Å²) in [4.78, 5) is 45.2. The van der Waals surface area contributed by atoms with Gasteiger partial charge in [0, 0.05) is 136 Å². The number of aliphatic carboxylic acids is 1. The van der Waals surface area contributed by atoms with Crippen LogP contribution in [0.5, 0.6) is 0 Å². The second-order valence-electron chi connectivity index (χ2n) is 16.7. The van der Waals surface area contributed by atoms with Gasteiger partial charge >= 0.3 is 18.9 Å². The molecule has 1 amide bonds. The van der Waals surface area contributed by atoms with Gasteiger partial charge in [0.2, 0.25) is 5.91 Å². The normalized spacial score (nSPS) is 18.0. The van der Waals surface area contributed by atoms with Crippen LogP contribution in [0.4, 0.5) is 11.4 Å². The molecule has 0 spiro atoms. The number of pyridine rings is 2. The van der Waals surface area contributed by atoms with Gasteiger partial charge < -0.3 is 29.3 Å². The van der Waals surface area contributed by atoms with E-state index in [4.69, 9.17) is 4.74 Å². The van der Waals surface area contributed by atoms with Crippen molar-refractivity contribution < 1.29 is 38.3 Å². The Bertz CT molecular complexity index is 2200. The van der Waals surface area contributed by atoms with Crippen LogP contribution in [-0.2, 0) is 27.2 Å². The van der Waals surface area contributed by atoms with Gasteiger partial charge in [-0.2, -0.15) is 0 Å². The molecule has 0 unspecified atom stereocenters. The van der Waals surface area contributed by atoms with E-state index >= 15 is 0 Å². The first-order valence-corrected chi connectivity index (χ1v) is 21.3. The number of ether oxygens (including phenoxy) is 1. The van der Waals surface area contributed by atoms with Crippen molar-refractivity contribution in [2.45, 2.75) is 52.6 Å². The van der Waals surface area contributed by atoms with Gasteiger partial charge in [-0.15, -0.1) is 0 Å². The molecule has 308 valence electrons. The molecule has 60 heavy (non-hydrogen) atoms. The fourth-order valence-corrected chi connectivity index (χ4v) is 8.87. The number of benzene rings is 2. The molecule has 0 radical (unpaired) electrons. The first-order valence-electron chi connectivity index (χ1n) is 21.3. The van der Waals surface area contributed by atoms with E-state index in [1.54, 1.807) is 12.3 Å². The van der Waals surface area contributed by atoms with E-state index in [1.165, 1.54) is 16.9 Å². The zero-order chi connectivity index (χ0) is 41.0. The monoisotopic (exact) mass is 801 g/mol. The van der Waals surface area contributed by atoms with Crippen molar-refractivity contribution in [1.82, 2.24) is 24.7 Å². The largest absolute Gasteiger partial charge is 1.00 e. The summed E-state index contributed by atoms with van der Waals surface area (Å²) in [7, 11) is 0. The van der Waals surface area contributed by atoms with Crippen molar-refractivity contribution in [1.29, 1.82) is 0 Å². The maximum atomic E-state index is 13.0. The van der Waals surface area contributed by atoms with Crippen molar-refractivity contribution >= 4 is 35.4 Å². The number of aromatic nitrogens is 2. The van der Waals surface area contributed by atoms with E-state index in [0.717, 1.165) is 97.1 Å². The molecule has 2 aromatic carbocycles. The van der Waals surface area contributed by atoms with Crippen LogP contribution in [0.2, 0.25) is 0 Å². The van der Waals surface area contributed by atoms with E-state index in [2.05, 4.69) is 112 Å². The summed E-state index contributed by atoms with van der Waals surface area (Å²) in [6, 6.07) is 22.3. The number of piperazine rings is 2. The predicted octanol–water partition coefficient (Wildman–Crippen LogP) is 2.05. The Morgan fingerprint density at radius 3 is 1.42 bits per heavy atom. The fraction of sp³-hybridized carbons (Fsp3) is 0.417. The fourth-order valence-electron chi connectivity index (χ4n) is 8.87. The Labute approximate surface area is 366 Å². The van der Waals surface area contributed by atoms with Crippen LogP contribution in [0.15, 0.2) is 84.2 Å². The van der Waals surface area contributed by atoms with Crippen LogP contribution in [0, 0.1) is 0 Å². The number of anilines is 2. The molecule has 11 nitrogen and oxygen atoms in total. The average molecular weight is 802 g/mol. The third-order valence-corrected chi connectivity index (χ3v) is 12.5. The first-order chi connectivity index (χ1) is 28.6. The van der Waals surface area contributed by atoms with Crippen molar-refractivity contribution in [2.24, 2.45) is 0 Å². The SMILES string of the molecule is CC(C)N1CCN(c2ccc(-c3nccc4c3C=C(C(=O)N3CCOCC3)C4)cc2)CC1.CC(C)N1CCN(c2ccc(-c3nccc4c3C=C(C(=O)[O-])C4)cc2)CC1.[Li+]. The van der Waals surface area contributed by atoms with Gasteiger partial charge in [0.1, 0.15) is 0 Å². The van der Waals surface area contributed by atoms with Crippen LogP contribution < -0.4 is 33.8 Å². The van der Waals surface area contributed by atoms with Crippen LogP contribution in [0.25, 0.3) is 34.7 Å². The van der Waals surface area contributed by atoms with Crippen LogP contribution >= 0.6 is 0 Å². The number of carbonyl (C=O) groups is 2. The molecule has 0 N–H and O–H groups in total. The number of rotatable bonds is 8. The molecule has 4 aromatic rings. The summed E-state index contributed by atoms with van der Waals surface area (Å²) in [5.74, 6) is -0.973. The Morgan fingerprint density at radius 1 is 0.583 bits per heavy atom. The number of morpholine rings is 1. The summed E-state index contributed by atoms with van der Waals surface area (Å²) in [5.41, 5.74) is 11.7. The smallest absolute Gasteiger partial charge is 0.545 e. The molecule has 12 heteroatoms. The van der Waals surface area contributed by atoms with Crippen LogP contribution in [-0.4, -0.2) is 127 Å². The number of nitrogens with zero attached hydrogens (tertiary/aromatic N) is 7. The summed E-state index contributed by atoms with van der Waals surface area (Å²) in [6.45, 7) is 20.2. The minimum Gasteiger partial charge on any atom is -0.545 e. The van der Waals surface area contributed by atoms with Gasteiger partial charge in [-0.05, 0) is 99.4 Å². The van der Waals surface area contributed by atoms with Gasteiger partial charge in [-0.1, -0.05) is 24.3 Å². The number of carboxylic acid groups (broad SMARTS) is 1. The van der Waals surface area contributed by atoms with E-state index in [1.807, 2.05) is 23.2 Å². The molecule has 0 bridgehead atoms. The molecular weight excluding hydrogens is 746 g/mol. The topological polar surface area (TPSA) is 108 Å². The van der Waals surface area contributed by atoms with E-state index in [0.29, 0.717) is 56.8 Å². The van der Waals surface area contributed by atoms with Gasteiger partial charge in [-0.3, -0.25) is 24.6 Å². The number of hydrogen-bond acceptors (Lipinski definition) is 10. The van der Waals surface area contributed by atoms with Crippen LogP contribution in [0.1, 0.15) is 49.9 Å². The number of hydrogen-bond donors (Lipinski definition) is 0. The number of carboxylic acids is 1. The molecular formula is C48H56LiN7O4. The van der Waals surface area contributed by atoms with E-state index in [-0.39, 0.29) is 24.8 Å². The molecule has 9 rings (SSSR count). The third-order valence-electron chi connectivity index (χ3n) is 12.5. The maximum Gasteiger partial charge on any atom is 1.00 e. The molecule has 3 aliphatic heterocycles. The molecule has 3 saturated heterocycles.